The smallest absolute Gasteiger partial charge is 0.271 e. The van der Waals surface area contributed by atoms with Crippen molar-refractivity contribution >= 4 is 45.0 Å². The quantitative estimate of drug-likeness (QED) is 0.183. The Morgan fingerprint density at radius 3 is 2.56 bits per heavy atom. The van der Waals surface area contributed by atoms with Crippen molar-refractivity contribution in [3.05, 3.63) is 108 Å². The van der Waals surface area contributed by atoms with Crippen LogP contribution in [0.15, 0.2) is 101 Å². The fourth-order valence-corrected chi connectivity index (χ4v) is 4.55. The van der Waals surface area contributed by atoms with Gasteiger partial charge in [-0.05, 0) is 48.0 Å². The number of fused-ring (bicyclic) bond motifs is 1. The molecule has 7 heteroatoms. The van der Waals surface area contributed by atoms with Gasteiger partial charge in [-0.25, -0.2) is 10.4 Å². The molecule has 0 aliphatic carbocycles. The topological polar surface area (TPSA) is 75.6 Å². The maximum Gasteiger partial charge on any atom is 0.271 e. The molecule has 0 aliphatic heterocycles. The molecule has 4 aromatic carbocycles. The van der Waals surface area contributed by atoms with Gasteiger partial charge in [0, 0.05) is 27.8 Å². The van der Waals surface area contributed by atoms with Crippen LogP contribution in [0.5, 0.6) is 5.75 Å². The van der Waals surface area contributed by atoms with Crippen LogP contribution in [0.1, 0.15) is 22.8 Å². The molecule has 2 N–H and O–H groups in total. The number of rotatable bonds is 8. The molecule has 36 heavy (non-hydrogen) atoms. The molecule has 0 fully saturated rings. The first-order chi connectivity index (χ1) is 17.7. The number of nitrogens with zero attached hydrogens (tertiary/aromatic N) is 2. The maximum atomic E-state index is 12.7. The highest BCUT2D eigenvalue weighted by molar-refractivity contribution is 7.14. The summed E-state index contributed by atoms with van der Waals surface area (Å²) in [7, 11) is 0. The average Bonchev–Trinajstić information content (AvgIpc) is 3.39. The molecule has 0 aliphatic rings. The molecule has 1 aromatic heterocycles. The number of carbonyl (C=O) groups excluding carboxylic acids is 1. The lowest BCUT2D eigenvalue weighted by molar-refractivity contribution is 0.0955. The second-order valence-corrected chi connectivity index (χ2v) is 8.80. The van der Waals surface area contributed by atoms with Gasteiger partial charge in [0.05, 0.1) is 18.5 Å². The van der Waals surface area contributed by atoms with E-state index in [1.54, 1.807) is 18.3 Å². The highest BCUT2D eigenvalue weighted by Gasteiger charge is 2.10. The maximum absolute atomic E-state index is 12.7. The summed E-state index contributed by atoms with van der Waals surface area (Å²) in [5.41, 5.74) is 6.74. The number of aromatic nitrogens is 1. The van der Waals surface area contributed by atoms with Crippen LogP contribution < -0.4 is 15.5 Å². The largest absolute Gasteiger partial charge is 0.493 e. The van der Waals surface area contributed by atoms with E-state index in [1.165, 1.54) is 11.3 Å². The van der Waals surface area contributed by atoms with E-state index in [9.17, 15) is 4.79 Å². The Labute approximate surface area is 213 Å². The Hall–Kier alpha value is -4.49. The predicted molar refractivity (Wildman–Crippen MR) is 147 cm³/mol. The van der Waals surface area contributed by atoms with E-state index < -0.39 is 0 Å². The van der Waals surface area contributed by atoms with Crippen molar-refractivity contribution in [2.75, 3.05) is 11.9 Å². The fraction of sp³-hybridized carbons (Fsp3) is 0.0690. The number of thiazole rings is 1. The minimum absolute atomic E-state index is 0.291. The van der Waals surface area contributed by atoms with Gasteiger partial charge in [0.25, 0.3) is 5.91 Å². The van der Waals surface area contributed by atoms with E-state index in [1.807, 2.05) is 91.2 Å². The molecule has 5 aromatic rings. The van der Waals surface area contributed by atoms with Crippen molar-refractivity contribution in [1.82, 2.24) is 10.4 Å². The zero-order valence-electron chi connectivity index (χ0n) is 19.6. The normalized spacial score (nSPS) is 11.0. The van der Waals surface area contributed by atoms with E-state index in [4.69, 9.17) is 4.74 Å². The van der Waals surface area contributed by atoms with Crippen LogP contribution in [0.3, 0.4) is 0 Å². The van der Waals surface area contributed by atoms with Gasteiger partial charge in [-0.2, -0.15) is 5.10 Å². The first-order valence-corrected chi connectivity index (χ1v) is 12.4. The van der Waals surface area contributed by atoms with Crippen LogP contribution in [-0.2, 0) is 0 Å². The summed E-state index contributed by atoms with van der Waals surface area (Å²) in [6, 6.07) is 29.2. The van der Waals surface area contributed by atoms with Crippen molar-refractivity contribution in [3.8, 4) is 17.0 Å². The molecular formula is C29H24N4O2S. The van der Waals surface area contributed by atoms with Crippen LogP contribution in [0.2, 0.25) is 0 Å². The van der Waals surface area contributed by atoms with E-state index in [0.717, 1.165) is 44.2 Å². The highest BCUT2D eigenvalue weighted by atomic mass is 32.1. The number of nitrogens with one attached hydrogen (secondary N) is 2. The molecule has 0 saturated carbocycles. The summed E-state index contributed by atoms with van der Waals surface area (Å²) < 4.78 is 5.76. The minimum Gasteiger partial charge on any atom is -0.493 e. The molecule has 0 saturated heterocycles. The zero-order chi connectivity index (χ0) is 24.7. The number of hydrogen-bond donors (Lipinski definition) is 2. The molecule has 0 bridgehead atoms. The minimum atomic E-state index is -0.291. The van der Waals surface area contributed by atoms with Crippen molar-refractivity contribution in [1.29, 1.82) is 0 Å². The molecule has 0 radical (unpaired) electrons. The monoisotopic (exact) mass is 492 g/mol. The van der Waals surface area contributed by atoms with Gasteiger partial charge in [0.1, 0.15) is 5.75 Å². The molecule has 1 amide bonds. The summed E-state index contributed by atoms with van der Waals surface area (Å²) in [5, 5.41) is 12.4. The van der Waals surface area contributed by atoms with Crippen LogP contribution >= 0.6 is 11.3 Å². The van der Waals surface area contributed by atoms with Gasteiger partial charge in [0.2, 0.25) is 0 Å². The number of amides is 1. The second kappa shape index (κ2) is 10.8. The first-order valence-electron chi connectivity index (χ1n) is 11.6. The molecule has 0 atom stereocenters. The third-order valence-corrected chi connectivity index (χ3v) is 6.32. The predicted octanol–water partition coefficient (Wildman–Crippen LogP) is 6.87. The Morgan fingerprint density at radius 1 is 0.972 bits per heavy atom. The van der Waals surface area contributed by atoms with Crippen LogP contribution in [0.25, 0.3) is 22.0 Å². The number of benzene rings is 4. The summed E-state index contributed by atoms with van der Waals surface area (Å²) in [4.78, 5) is 17.3. The molecule has 0 spiro atoms. The third kappa shape index (κ3) is 5.26. The number of anilines is 2. The molecule has 6 nitrogen and oxygen atoms in total. The molecule has 0 unspecified atom stereocenters. The van der Waals surface area contributed by atoms with E-state index in [-0.39, 0.29) is 5.91 Å². The summed E-state index contributed by atoms with van der Waals surface area (Å²) in [6.07, 6.45) is 1.64. The van der Waals surface area contributed by atoms with Gasteiger partial charge >= 0.3 is 0 Å². The SMILES string of the molecule is CCOc1ccc2ccccc2c1/C=N\NC(=O)c1ccc(-c2csc(Nc3ccccc3)n2)cc1. The standard InChI is InChI=1S/C29H24N4O2S/c1-2-35-27-17-16-20-8-6-7-11-24(20)25(27)18-30-33-28(34)22-14-12-21(13-15-22)26-19-36-29(32-26)31-23-9-4-3-5-10-23/h3-19H,2H2,1H3,(H,31,32)(H,33,34)/b30-18-. The lowest BCUT2D eigenvalue weighted by Crippen LogP contribution is -2.17. The average molecular weight is 493 g/mol. The van der Waals surface area contributed by atoms with Gasteiger partial charge in [0.15, 0.2) is 5.13 Å². The number of hydrazone groups is 1. The van der Waals surface area contributed by atoms with Gasteiger partial charge in [-0.3, -0.25) is 4.79 Å². The highest BCUT2D eigenvalue weighted by Crippen LogP contribution is 2.28. The molecule has 1 heterocycles. The number of hydrogen-bond acceptors (Lipinski definition) is 6. The first kappa shape index (κ1) is 23.3. The zero-order valence-corrected chi connectivity index (χ0v) is 20.5. The van der Waals surface area contributed by atoms with E-state index >= 15 is 0 Å². The summed E-state index contributed by atoms with van der Waals surface area (Å²) >= 11 is 1.53. The van der Waals surface area contributed by atoms with Gasteiger partial charge in [-0.15, -0.1) is 11.3 Å². The Balaban J connectivity index is 1.27. The van der Waals surface area contributed by atoms with Crippen LogP contribution in [0, 0.1) is 0 Å². The number of ether oxygens (including phenoxy) is 1. The second-order valence-electron chi connectivity index (χ2n) is 7.94. The molecule has 5 rings (SSSR count). The van der Waals surface area contributed by atoms with Crippen molar-refractivity contribution in [2.45, 2.75) is 6.92 Å². The Kier molecular flexibility index (Phi) is 7.00. The van der Waals surface area contributed by atoms with Crippen LogP contribution in [0.4, 0.5) is 10.8 Å². The van der Waals surface area contributed by atoms with E-state index in [0.29, 0.717) is 12.2 Å². The Bertz CT molecular complexity index is 1510. The van der Waals surface area contributed by atoms with Crippen molar-refractivity contribution < 1.29 is 9.53 Å². The van der Waals surface area contributed by atoms with Crippen molar-refractivity contribution in [3.63, 3.8) is 0 Å². The van der Waals surface area contributed by atoms with Crippen molar-refractivity contribution in [2.24, 2.45) is 5.10 Å². The van der Waals surface area contributed by atoms with Gasteiger partial charge < -0.3 is 10.1 Å². The van der Waals surface area contributed by atoms with Gasteiger partial charge in [-0.1, -0.05) is 60.7 Å². The summed E-state index contributed by atoms with van der Waals surface area (Å²) in [5.74, 6) is 0.434. The molecular weight excluding hydrogens is 468 g/mol. The Morgan fingerprint density at radius 2 is 1.75 bits per heavy atom. The fourth-order valence-electron chi connectivity index (χ4n) is 3.81. The molecule has 178 valence electrons. The lowest BCUT2D eigenvalue weighted by Gasteiger charge is -2.10. The third-order valence-electron chi connectivity index (χ3n) is 5.56. The lowest BCUT2D eigenvalue weighted by atomic mass is 10.0. The van der Waals surface area contributed by atoms with E-state index in [2.05, 4.69) is 20.8 Å². The van der Waals surface area contributed by atoms with Crippen LogP contribution in [-0.4, -0.2) is 23.7 Å². The number of para-hydroxylation sites is 1. The number of carbonyl (C=O) groups is 1. The summed E-state index contributed by atoms with van der Waals surface area (Å²) in [6.45, 7) is 2.48.